The van der Waals surface area contributed by atoms with Gasteiger partial charge in [-0.25, -0.2) is 4.79 Å². The van der Waals surface area contributed by atoms with Gasteiger partial charge in [0.25, 0.3) is 0 Å². The number of carboxylic acid groups (broad SMARTS) is 1. The summed E-state index contributed by atoms with van der Waals surface area (Å²) in [5.41, 5.74) is 0.519. The number of carboxylic acids is 1. The zero-order valence-electron chi connectivity index (χ0n) is 11.2. The molecule has 1 aromatic rings. The van der Waals surface area contributed by atoms with E-state index in [1.165, 1.54) is 4.90 Å². The molecule has 2 amide bonds. The van der Waals surface area contributed by atoms with Crippen LogP contribution in [-0.4, -0.2) is 48.3 Å². The van der Waals surface area contributed by atoms with Crippen LogP contribution in [-0.2, 0) is 9.53 Å². The van der Waals surface area contributed by atoms with E-state index < -0.39 is 24.0 Å². The van der Waals surface area contributed by atoms with Crippen molar-refractivity contribution in [1.82, 2.24) is 4.90 Å². The third-order valence-corrected chi connectivity index (χ3v) is 4.78. The SMILES string of the molecule is CN(C(=O)Nc1cccc(Cl)c1Br)C1COCC1C(=O)O. The summed E-state index contributed by atoms with van der Waals surface area (Å²) in [5, 5.41) is 12.3. The molecule has 1 heterocycles. The highest BCUT2D eigenvalue weighted by molar-refractivity contribution is 9.10. The molecule has 0 bridgehead atoms. The highest BCUT2D eigenvalue weighted by Crippen LogP contribution is 2.30. The maximum atomic E-state index is 12.2. The lowest BCUT2D eigenvalue weighted by atomic mass is 10.0. The number of halogens is 2. The van der Waals surface area contributed by atoms with Gasteiger partial charge < -0.3 is 20.1 Å². The van der Waals surface area contributed by atoms with Crippen LogP contribution in [0.25, 0.3) is 0 Å². The Morgan fingerprint density at radius 3 is 2.86 bits per heavy atom. The molecular weight excluding hydrogens is 364 g/mol. The topological polar surface area (TPSA) is 78.9 Å². The third kappa shape index (κ3) is 3.48. The fourth-order valence-corrected chi connectivity index (χ4v) is 2.65. The van der Waals surface area contributed by atoms with Crippen LogP contribution in [0.4, 0.5) is 10.5 Å². The normalized spacial score (nSPS) is 21.1. The first kappa shape index (κ1) is 16.1. The Morgan fingerprint density at radius 1 is 1.48 bits per heavy atom. The van der Waals surface area contributed by atoms with E-state index in [9.17, 15) is 9.59 Å². The predicted octanol–water partition coefficient (Wildman–Crippen LogP) is 2.67. The van der Waals surface area contributed by atoms with E-state index in [0.717, 1.165) is 0 Å². The maximum absolute atomic E-state index is 12.2. The smallest absolute Gasteiger partial charge is 0.321 e. The Labute approximate surface area is 135 Å². The lowest BCUT2D eigenvalue weighted by molar-refractivity contribution is -0.142. The summed E-state index contributed by atoms with van der Waals surface area (Å²) in [4.78, 5) is 24.7. The number of hydrogen-bond acceptors (Lipinski definition) is 3. The molecule has 1 saturated heterocycles. The summed E-state index contributed by atoms with van der Waals surface area (Å²) in [6.07, 6.45) is 0. The molecule has 0 radical (unpaired) electrons. The molecule has 114 valence electrons. The fraction of sp³-hybridized carbons (Fsp3) is 0.385. The maximum Gasteiger partial charge on any atom is 0.321 e. The van der Waals surface area contributed by atoms with Gasteiger partial charge in [0.05, 0.1) is 34.4 Å². The summed E-state index contributed by atoms with van der Waals surface area (Å²) in [5.74, 6) is -1.69. The van der Waals surface area contributed by atoms with Gasteiger partial charge in [-0.2, -0.15) is 0 Å². The quantitative estimate of drug-likeness (QED) is 0.849. The van der Waals surface area contributed by atoms with Crippen molar-refractivity contribution >= 4 is 45.2 Å². The van der Waals surface area contributed by atoms with Crippen LogP contribution in [0.3, 0.4) is 0 Å². The first-order chi connectivity index (χ1) is 9.91. The van der Waals surface area contributed by atoms with E-state index in [0.29, 0.717) is 15.2 Å². The van der Waals surface area contributed by atoms with E-state index >= 15 is 0 Å². The van der Waals surface area contributed by atoms with Gasteiger partial charge in [-0.15, -0.1) is 0 Å². The van der Waals surface area contributed by atoms with Crippen LogP contribution >= 0.6 is 27.5 Å². The van der Waals surface area contributed by atoms with E-state index in [1.807, 2.05) is 0 Å². The number of carbonyl (C=O) groups is 2. The van der Waals surface area contributed by atoms with E-state index in [-0.39, 0.29) is 13.2 Å². The number of aliphatic carboxylic acids is 1. The number of anilines is 1. The Balaban J connectivity index is 2.09. The highest BCUT2D eigenvalue weighted by atomic mass is 79.9. The van der Waals surface area contributed by atoms with Crippen molar-refractivity contribution < 1.29 is 19.4 Å². The van der Waals surface area contributed by atoms with Gasteiger partial charge in [-0.1, -0.05) is 17.7 Å². The number of hydrogen-bond donors (Lipinski definition) is 2. The van der Waals surface area contributed by atoms with Crippen LogP contribution in [0.2, 0.25) is 5.02 Å². The van der Waals surface area contributed by atoms with Crippen molar-refractivity contribution in [2.45, 2.75) is 6.04 Å². The van der Waals surface area contributed by atoms with Gasteiger partial charge >= 0.3 is 12.0 Å². The molecule has 21 heavy (non-hydrogen) atoms. The first-order valence-corrected chi connectivity index (χ1v) is 7.37. The van der Waals surface area contributed by atoms with E-state index in [1.54, 1.807) is 25.2 Å². The predicted molar refractivity (Wildman–Crippen MR) is 81.7 cm³/mol. The molecule has 0 spiro atoms. The summed E-state index contributed by atoms with van der Waals surface area (Å²) in [7, 11) is 1.54. The zero-order valence-corrected chi connectivity index (χ0v) is 13.5. The van der Waals surface area contributed by atoms with Gasteiger partial charge in [-0.05, 0) is 28.1 Å². The van der Waals surface area contributed by atoms with Crippen molar-refractivity contribution in [1.29, 1.82) is 0 Å². The summed E-state index contributed by atoms with van der Waals surface area (Å²) in [6.45, 7) is 0.316. The number of rotatable bonds is 3. The Morgan fingerprint density at radius 2 is 2.19 bits per heavy atom. The highest BCUT2D eigenvalue weighted by Gasteiger charge is 2.38. The molecule has 8 heteroatoms. The minimum atomic E-state index is -0.971. The van der Waals surface area contributed by atoms with Gasteiger partial charge in [0.2, 0.25) is 0 Å². The Hall–Kier alpha value is -1.31. The molecule has 2 rings (SSSR count). The first-order valence-electron chi connectivity index (χ1n) is 6.20. The van der Waals surface area contributed by atoms with Gasteiger partial charge in [-0.3, -0.25) is 4.79 Å². The second kappa shape index (κ2) is 6.64. The van der Waals surface area contributed by atoms with E-state index in [4.69, 9.17) is 21.4 Å². The molecule has 1 aliphatic heterocycles. The molecule has 1 aliphatic rings. The second-order valence-corrected chi connectivity index (χ2v) is 5.89. The van der Waals surface area contributed by atoms with Gasteiger partial charge in [0.1, 0.15) is 5.92 Å². The standard InChI is InChI=1S/C13H14BrClN2O4/c1-17(10-6-21-5-7(10)12(18)19)13(20)16-9-4-2-3-8(15)11(9)14/h2-4,7,10H,5-6H2,1H3,(H,16,20)(H,18,19). The number of likely N-dealkylation sites (N-methyl/N-ethyl adjacent to an activating group) is 1. The number of benzene rings is 1. The average molecular weight is 378 g/mol. The zero-order chi connectivity index (χ0) is 15.6. The minimum Gasteiger partial charge on any atom is -0.481 e. The van der Waals surface area contributed by atoms with Crippen molar-refractivity contribution in [3.8, 4) is 0 Å². The van der Waals surface area contributed by atoms with Gasteiger partial charge in [0, 0.05) is 7.05 Å². The summed E-state index contributed by atoms with van der Waals surface area (Å²) >= 11 is 9.25. The second-order valence-electron chi connectivity index (χ2n) is 4.69. The van der Waals surface area contributed by atoms with Gasteiger partial charge in [0.15, 0.2) is 0 Å². The van der Waals surface area contributed by atoms with E-state index in [2.05, 4.69) is 21.2 Å². The largest absolute Gasteiger partial charge is 0.481 e. The number of amides is 2. The lowest BCUT2D eigenvalue weighted by Gasteiger charge is -2.26. The fourth-order valence-electron chi connectivity index (χ4n) is 2.11. The minimum absolute atomic E-state index is 0.110. The Kier molecular flexibility index (Phi) is 5.08. The molecule has 0 saturated carbocycles. The molecule has 0 aromatic heterocycles. The van der Waals surface area contributed by atoms with Crippen LogP contribution in [0, 0.1) is 5.92 Å². The molecule has 2 N–H and O–H groups in total. The van der Waals surface area contributed by atoms with Crippen LogP contribution in [0.1, 0.15) is 0 Å². The number of nitrogens with zero attached hydrogens (tertiary/aromatic N) is 1. The molecule has 0 aliphatic carbocycles. The monoisotopic (exact) mass is 376 g/mol. The molecule has 1 aromatic carbocycles. The number of urea groups is 1. The molecular formula is C13H14BrClN2O4. The molecule has 2 unspecified atom stereocenters. The molecule has 1 fully saturated rings. The summed E-state index contributed by atoms with van der Waals surface area (Å²) in [6, 6.07) is 4.18. The Bertz CT molecular complexity index is 569. The molecule has 6 nitrogen and oxygen atoms in total. The number of carbonyl (C=O) groups excluding carboxylic acids is 1. The van der Waals surface area contributed by atoms with Crippen molar-refractivity contribution in [3.05, 3.63) is 27.7 Å². The van der Waals surface area contributed by atoms with Crippen molar-refractivity contribution in [3.63, 3.8) is 0 Å². The molecule has 2 atom stereocenters. The lowest BCUT2D eigenvalue weighted by Crippen LogP contribution is -2.45. The summed E-state index contributed by atoms with van der Waals surface area (Å²) < 4.78 is 5.74. The average Bonchev–Trinajstić information content (AvgIpc) is 2.92. The van der Waals surface area contributed by atoms with Crippen molar-refractivity contribution in [2.75, 3.05) is 25.6 Å². The van der Waals surface area contributed by atoms with Crippen LogP contribution in [0.5, 0.6) is 0 Å². The van der Waals surface area contributed by atoms with Crippen LogP contribution in [0.15, 0.2) is 22.7 Å². The third-order valence-electron chi connectivity index (χ3n) is 3.38. The number of nitrogens with one attached hydrogen (secondary N) is 1. The number of ether oxygens (including phenoxy) is 1. The van der Waals surface area contributed by atoms with Crippen molar-refractivity contribution in [2.24, 2.45) is 5.92 Å². The van der Waals surface area contributed by atoms with Crippen LogP contribution < -0.4 is 5.32 Å².